The largest absolute Gasteiger partial charge is 0.497 e. The summed E-state index contributed by atoms with van der Waals surface area (Å²) in [5.74, 6) is 2.39. The molecular weight excluding hydrogens is 418 g/mol. The molecule has 1 atom stereocenters. The summed E-state index contributed by atoms with van der Waals surface area (Å²) in [5, 5.41) is 12.3. The molecule has 30 heavy (non-hydrogen) atoms. The van der Waals surface area contributed by atoms with Crippen LogP contribution in [-0.2, 0) is 0 Å². The van der Waals surface area contributed by atoms with Crippen LogP contribution in [0.25, 0.3) is 0 Å². The smallest absolute Gasteiger partial charge is 0.175 e. The molecule has 152 valence electrons. The van der Waals surface area contributed by atoms with Gasteiger partial charge in [-0.2, -0.15) is 9.47 Å². The predicted octanol–water partition coefficient (Wildman–Crippen LogP) is 3.86. The second-order valence-electron chi connectivity index (χ2n) is 6.78. The first-order valence-corrected chi connectivity index (χ1v) is 10.9. The number of rotatable bonds is 5. The third-order valence-corrected chi connectivity index (χ3v) is 6.44. The van der Waals surface area contributed by atoms with Crippen molar-refractivity contribution in [2.45, 2.75) is 17.9 Å². The van der Waals surface area contributed by atoms with Crippen LogP contribution < -0.4 is 10.1 Å². The van der Waals surface area contributed by atoms with E-state index in [0.29, 0.717) is 6.54 Å². The van der Waals surface area contributed by atoms with Crippen LogP contribution in [0.2, 0.25) is 0 Å². The molecule has 0 saturated heterocycles. The third-order valence-electron chi connectivity index (χ3n) is 4.73. The predicted molar refractivity (Wildman–Crippen MR) is 119 cm³/mol. The highest BCUT2D eigenvalue weighted by atomic mass is 32.2. The van der Waals surface area contributed by atoms with Gasteiger partial charge in [-0.25, -0.2) is 4.99 Å². The van der Waals surface area contributed by atoms with Crippen molar-refractivity contribution in [2.75, 3.05) is 13.7 Å². The fraction of sp³-hybridized carbons (Fsp3) is 0.200. The zero-order valence-electron chi connectivity index (χ0n) is 16.4. The van der Waals surface area contributed by atoms with Gasteiger partial charge in [-0.1, -0.05) is 11.8 Å². The molecule has 0 bridgehead atoms. The molecule has 0 spiro atoms. The minimum Gasteiger partial charge on any atom is -0.497 e. The fourth-order valence-corrected chi connectivity index (χ4v) is 4.78. The van der Waals surface area contributed by atoms with Crippen LogP contribution in [0.4, 0.5) is 5.00 Å². The molecule has 3 aromatic rings. The maximum Gasteiger partial charge on any atom is 0.175 e. The Morgan fingerprint density at radius 2 is 2.17 bits per heavy atom. The number of amidine groups is 2. The van der Waals surface area contributed by atoms with Gasteiger partial charge in [0.1, 0.15) is 10.8 Å². The number of methoxy groups -OCH3 is 1. The summed E-state index contributed by atoms with van der Waals surface area (Å²) in [7, 11) is 1.67. The Bertz CT molecular complexity index is 1130. The summed E-state index contributed by atoms with van der Waals surface area (Å²) in [6.45, 7) is 2.61. The lowest BCUT2D eigenvalue weighted by molar-refractivity contribution is 0.414. The van der Waals surface area contributed by atoms with Crippen molar-refractivity contribution in [2.24, 2.45) is 9.98 Å². The molecular formula is C20H19N7OS2. The Hall–Kier alpha value is -3.11. The number of hydrogen-bond donors (Lipinski definition) is 2. The summed E-state index contributed by atoms with van der Waals surface area (Å²) in [5.41, 5.74) is 2.05. The number of benzene rings is 1. The zero-order chi connectivity index (χ0) is 20.5. The number of nitrogens with one attached hydrogen (secondary N) is 2. The number of aryl methyl sites for hydroxylation is 1. The topological polar surface area (TPSA) is 90.8 Å². The number of aromatic amines is 1. The van der Waals surface area contributed by atoms with E-state index < -0.39 is 0 Å². The Morgan fingerprint density at radius 1 is 1.30 bits per heavy atom. The van der Waals surface area contributed by atoms with Crippen LogP contribution in [-0.4, -0.2) is 44.8 Å². The van der Waals surface area contributed by atoms with Crippen LogP contribution in [0, 0.1) is 6.92 Å². The lowest BCUT2D eigenvalue weighted by atomic mass is 10.1. The van der Waals surface area contributed by atoms with E-state index in [9.17, 15) is 0 Å². The number of H-pyrrole nitrogens is 1. The number of fused-ring (bicyclic) bond motifs is 1. The van der Waals surface area contributed by atoms with Crippen molar-refractivity contribution in [1.29, 1.82) is 0 Å². The first kappa shape index (κ1) is 18.9. The summed E-state index contributed by atoms with van der Waals surface area (Å²) < 4.78 is 9.60. The van der Waals surface area contributed by atoms with Crippen LogP contribution in [0.15, 0.2) is 68.8 Å². The Balaban J connectivity index is 1.48. The standard InChI is InChI=1S/C20H19N7OS2/c1-12-7-17(30-26-12)24-19-20-21-10-16(13-8-22-23-9-13)27(20)11-18(25-19)29-15-5-3-14(28-2)4-6-15/h3-9,11,16H,10H2,1-2H3,(H,22,23)(H,24,25). The van der Waals surface area contributed by atoms with E-state index in [1.54, 1.807) is 18.9 Å². The molecule has 8 nitrogen and oxygen atoms in total. The lowest BCUT2D eigenvalue weighted by Gasteiger charge is -2.30. The zero-order valence-corrected chi connectivity index (χ0v) is 18.0. The molecule has 0 aliphatic carbocycles. The van der Waals surface area contributed by atoms with E-state index in [1.165, 1.54) is 11.5 Å². The van der Waals surface area contributed by atoms with Crippen molar-refractivity contribution in [3.63, 3.8) is 0 Å². The second-order valence-corrected chi connectivity index (χ2v) is 8.68. The number of nitrogens with zero attached hydrogens (tertiary/aromatic N) is 5. The second kappa shape index (κ2) is 7.96. The maximum atomic E-state index is 5.26. The minimum absolute atomic E-state index is 0.0840. The Labute approximate surface area is 181 Å². The van der Waals surface area contributed by atoms with Crippen LogP contribution in [0.1, 0.15) is 17.3 Å². The van der Waals surface area contributed by atoms with Gasteiger partial charge in [-0.15, -0.1) is 0 Å². The van der Waals surface area contributed by atoms with E-state index >= 15 is 0 Å². The lowest BCUT2D eigenvalue weighted by Crippen LogP contribution is -2.43. The third kappa shape index (κ3) is 3.71. The average molecular weight is 438 g/mol. The maximum absolute atomic E-state index is 5.26. The highest BCUT2D eigenvalue weighted by molar-refractivity contribution is 8.03. The molecule has 2 aromatic heterocycles. The van der Waals surface area contributed by atoms with Crippen molar-refractivity contribution < 1.29 is 4.74 Å². The average Bonchev–Trinajstić information content (AvgIpc) is 3.49. The first-order valence-electron chi connectivity index (χ1n) is 9.34. The van der Waals surface area contributed by atoms with Crippen molar-refractivity contribution >= 4 is 40.0 Å². The molecule has 10 heteroatoms. The van der Waals surface area contributed by atoms with Gasteiger partial charge in [-0.05, 0) is 48.8 Å². The first-order chi connectivity index (χ1) is 14.7. The molecule has 2 aliphatic rings. The molecule has 5 rings (SSSR count). The fourth-order valence-electron chi connectivity index (χ4n) is 3.29. The van der Waals surface area contributed by atoms with Gasteiger partial charge in [0.2, 0.25) is 0 Å². The quantitative estimate of drug-likeness (QED) is 0.630. The SMILES string of the molecule is COc1ccc(SC2=CN3C(=NCC3c3cn[nH]c3)C(=Nc3cc(C)ns3)N2)cc1. The minimum atomic E-state index is 0.0840. The summed E-state index contributed by atoms with van der Waals surface area (Å²) in [4.78, 5) is 12.8. The van der Waals surface area contributed by atoms with Gasteiger partial charge >= 0.3 is 0 Å². The molecule has 0 amide bonds. The van der Waals surface area contributed by atoms with Gasteiger partial charge in [-0.3, -0.25) is 10.1 Å². The summed E-state index contributed by atoms with van der Waals surface area (Å²) in [6, 6.07) is 10.0. The van der Waals surface area contributed by atoms with E-state index in [0.717, 1.165) is 43.6 Å². The molecule has 4 heterocycles. The van der Waals surface area contributed by atoms with Gasteiger partial charge < -0.3 is 15.0 Å². The van der Waals surface area contributed by atoms with Crippen molar-refractivity contribution in [3.8, 4) is 5.75 Å². The highest BCUT2D eigenvalue weighted by Gasteiger charge is 2.35. The molecule has 2 N–H and O–H groups in total. The number of ether oxygens (including phenoxy) is 1. The molecule has 0 radical (unpaired) electrons. The number of thioether (sulfide) groups is 1. The van der Waals surface area contributed by atoms with Gasteiger partial charge in [0.25, 0.3) is 0 Å². The summed E-state index contributed by atoms with van der Waals surface area (Å²) >= 11 is 3.01. The monoisotopic (exact) mass is 437 g/mol. The molecule has 2 aliphatic heterocycles. The molecule has 1 unspecified atom stereocenters. The van der Waals surface area contributed by atoms with E-state index in [-0.39, 0.29) is 6.04 Å². The number of aliphatic imine (C=N–C) groups is 2. The van der Waals surface area contributed by atoms with Crippen LogP contribution >= 0.6 is 23.3 Å². The van der Waals surface area contributed by atoms with Crippen molar-refractivity contribution in [1.82, 2.24) is 24.8 Å². The molecule has 1 aromatic carbocycles. The molecule has 0 saturated carbocycles. The van der Waals surface area contributed by atoms with E-state index in [2.05, 4.69) is 31.0 Å². The van der Waals surface area contributed by atoms with E-state index in [4.69, 9.17) is 14.7 Å². The van der Waals surface area contributed by atoms with Gasteiger partial charge in [0.15, 0.2) is 11.7 Å². The summed E-state index contributed by atoms with van der Waals surface area (Å²) in [6.07, 6.45) is 5.85. The van der Waals surface area contributed by atoms with Crippen molar-refractivity contribution in [3.05, 3.63) is 65.2 Å². The Morgan fingerprint density at radius 3 is 2.87 bits per heavy atom. The normalized spacial score (nSPS) is 19.3. The van der Waals surface area contributed by atoms with E-state index in [1.807, 2.05) is 49.6 Å². The van der Waals surface area contributed by atoms with Crippen LogP contribution in [0.5, 0.6) is 5.75 Å². The van der Waals surface area contributed by atoms with Gasteiger partial charge in [0, 0.05) is 22.9 Å². The number of hydrogen-bond acceptors (Lipinski definition) is 8. The van der Waals surface area contributed by atoms with Gasteiger partial charge in [0.05, 0.1) is 36.6 Å². The van der Waals surface area contributed by atoms with Crippen LogP contribution in [0.3, 0.4) is 0 Å². The molecule has 0 fully saturated rings. The Kier molecular flexibility index (Phi) is 5.01. The number of aromatic nitrogens is 3. The highest BCUT2D eigenvalue weighted by Crippen LogP contribution is 2.35.